The molecule has 7 heteroatoms. The topological polar surface area (TPSA) is 81.0 Å². The van der Waals surface area contributed by atoms with Gasteiger partial charge in [0.05, 0.1) is 16.5 Å². The molecule has 0 aromatic carbocycles. The molecule has 1 N–H and O–H groups in total. The van der Waals surface area contributed by atoms with Gasteiger partial charge in [0.15, 0.2) is 0 Å². The third-order valence-electron chi connectivity index (χ3n) is 2.39. The molecular formula is C11H12N4O2S. The first-order chi connectivity index (χ1) is 8.56. The van der Waals surface area contributed by atoms with Gasteiger partial charge in [0.25, 0.3) is 5.69 Å². The number of aryl methyl sites for hydroxylation is 2. The number of anilines is 1. The summed E-state index contributed by atoms with van der Waals surface area (Å²) < 4.78 is 0. The first-order valence-electron chi connectivity index (χ1n) is 5.32. The van der Waals surface area contributed by atoms with Crippen molar-refractivity contribution in [2.24, 2.45) is 0 Å². The smallest absolute Gasteiger partial charge is 0.290 e. The van der Waals surface area contributed by atoms with E-state index in [0.717, 1.165) is 9.88 Å². The Morgan fingerprint density at radius 3 is 2.72 bits per heavy atom. The lowest BCUT2D eigenvalue weighted by Gasteiger charge is -2.04. The van der Waals surface area contributed by atoms with Crippen molar-refractivity contribution in [1.82, 2.24) is 9.97 Å². The number of thiazole rings is 1. The second-order valence-electron chi connectivity index (χ2n) is 3.81. The Kier molecular flexibility index (Phi) is 3.52. The molecule has 0 radical (unpaired) electrons. The zero-order chi connectivity index (χ0) is 13.1. The maximum Gasteiger partial charge on any atom is 0.290 e. The predicted octanol–water partition coefficient (Wildman–Crippen LogP) is 2.68. The van der Waals surface area contributed by atoms with Crippen molar-refractivity contribution in [2.45, 2.75) is 20.4 Å². The monoisotopic (exact) mass is 264 g/mol. The van der Waals surface area contributed by atoms with Crippen molar-refractivity contribution in [3.05, 3.63) is 44.0 Å². The predicted molar refractivity (Wildman–Crippen MR) is 69.8 cm³/mol. The molecule has 0 aliphatic rings. The van der Waals surface area contributed by atoms with E-state index >= 15 is 0 Å². The average molecular weight is 264 g/mol. The number of hydrogen-bond acceptors (Lipinski definition) is 6. The summed E-state index contributed by atoms with van der Waals surface area (Å²) in [6.07, 6.45) is 3.08. The molecule has 6 nitrogen and oxygen atoms in total. The van der Waals surface area contributed by atoms with E-state index in [9.17, 15) is 10.1 Å². The Labute approximate surface area is 108 Å². The van der Waals surface area contributed by atoms with E-state index in [0.29, 0.717) is 17.9 Å². The van der Waals surface area contributed by atoms with Gasteiger partial charge in [-0.1, -0.05) is 0 Å². The molecule has 0 fully saturated rings. The van der Waals surface area contributed by atoms with E-state index in [1.54, 1.807) is 24.3 Å². The van der Waals surface area contributed by atoms with Crippen LogP contribution in [-0.4, -0.2) is 14.9 Å². The lowest BCUT2D eigenvalue weighted by atomic mass is 10.2. The van der Waals surface area contributed by atoms with Crippen molar-refractivity contribution in [3.63, 3.8) is 0 Å². The van der Waals surface area contributed by atoms with Gasteiger partial charge in [-0.3, -0.25) is 10.1 Å². The summed E-state index contributed by atoms with van der Waals surface area (Å²) in [5, 5.41) is 14.8. The largest absolute Gasteiger partial charge is 0.365 e. The van der Waals surface area contributed by atoms with Crippen LogP contribution in [0.25, 0.3) is 0 Å². The summed E-state index contributed by atoms with van der Waals surface area (Å²) in [6, 6.07) is 1.67. The van der Waals surface area contributed by atoms with Crippen LogP contribution in [-0.2, 0) is 6.54 Å². The molecule has 2 aromatic rings. The highest BCUT2D eigenvalue weighted by molar-refractivity contribution is 7.11. The van der Waals surface area contributed by atoms with Crippen LogP contribution in [0.5, 0.6) is 0 Å². The quantitative estimate of drug-likeness (QED) is 0.678. The molecule has 0 amide bonds. The van der Waals surface area contributed by atoms with Crippen molar-refractivity contribution in [1.29, 1.82) is 0 Å². The molecule has 94 valence electrons. The van der Waals surface area contributed by atoms with E-state index in [-0.39, 0.29) is 5.69 Å². The average Bonchev–Trinajstić information content (AvgIpc) is 2.72. The maximum absolute atomic E-state index is 10.7. The number of aromatic nitrogens is 2. The van der Waals surface area contributed by atoms with Crippen LogP contribution >= 0.6 is 11.3 Å². The zero-order valence-electron chi connectivity index (χ0n) is 10.0. The van der Waals surface area contributed by atoms with Crippen LogP contribution in [0.4, 0.5) is 11.5 Å². The van der Waals surface area contributed by atoms with Gasteiger partial charge >= 0.3 is 0 Å². The van der Waals surface area contributed by atoms with Crippen LogP contribution in [0.3, 0.4) is 0 Å². The molecular weight excluding hydrogens is 252 g/mol. The Morgan fingerprint density at radius 1 is 1.39 bits per heavy atom. The van der Waals surface area contributed by atoms with Crippen molar-refractivity contribution >= 4 is 22.8 Å². The summed E-state index contributed by atoms with van der Waals surface area (Å²) in [5.74, 6) is 0.629. The molecule has 0 unspecified atom stereocenters. The maximum atomic E-state index is 10.7. The van der Waals surface area contributed by atoms with Gasteiger partial charge in [0.2, 0.25) is 0 Å². The van der Waals surface area contributed by atoms with Crippen molar-refractivity contribution < 1.29 is 4.92 Å². The van der Waals surface area contributed by atoms with E-state index in [1.807, 2.05) is 13.1 Å². The van der Waals surface area contributed by atoms with E-state index in [4.69, 9.17) is 0 Å². The molecule has 0 bridgehead atoms. The first-order valence-corrected chi connectivity index (χ1v) is 6.14. The third-order valence-corrected chi connectivity index (χ3v) is 3.31. The molecule has 2 heterocycles. The number of nitrogens with zero attached hydrogens (tertiary/aromatic N) is 3. The van der Waals surface area contributed by atoms with Gasteiger partial charge in [-0.25, -0.2) is 9.97 Å². The Bertz CT molecular complexity index is 582. The summed E-state index contributed by atoms with van der Waals surface area (Å²) in [6.45, 7) is 4.26. The molecule has 2 rings (SSSR count). The normalized spacial score (nSPS) is 10.3. The van der Waals surface area contributed by atoms with Gasteiger partial charge in [-0.15, -0.1) is 11.3 Å². The Morgan fingerprint density at radius 2 is 2.17 bits per heavy atom. The molecule has 0 saturated carbocycles. The highest BCUT2D eigenvalue weighted by Gasteiger charge is 2.11. The lowest BCUT2D eigenvalue weighted by Crippen LogP contribution is -2.01. The van der Waals surface area contributed by atoms with Gasteiger partial charge in [-0.05, 0) is 19.9 Å². The fourth-order valence-electron chi connectivity index (χ4n) is 1.50. The molecule has 0 aliphatic carbocycles. The highest BCUT2D eigenvalue weighted by atomic mass is 32.1. The Balaban J connectivity index is 2.06. The Hall–Kier alpha value is -2.02. The zero-order valence-corrected chi connectivity index (χ0v) is 10.8. The summed E-state index contributed by atoms with van der Waals surface area (Å²) in [5.41, 5.74) is 0.632. The van der Waals surface area contributed by atoms with Crippen LogP contribution < -0.4 is 5.32 Å². The molecule has 2 aromatic heterocycles. The van der Waals surface area contributed by atoms with E-state index in [1.165, 1.54) is 6.20 Å². The van der Waals surface area contributed by atoms with Crippen molar-refractivity contribution in [3.8, 4) is 0 Å². The summed E-state index contributed by atoms with van der Waals surface area (Å²) in [4.78, 5) is 19.5. The minimum absolute atomic E-state index is 0.0363. The number of nitrogens with one attached hydrogen (secondary N) is 1. The van der Waals surface area contributed by atoms with Crippen LogP contribution in [0.15, 0.2) is 18.5 Å². The number of hydrogen-bond donors (Lipinski definition) is 1. The standard InChI is InChI=1S/C11H12N4O2S/c1-7-3-11(14-6-10(7)15(16)17)13-5-9-4-12-8(2)18-9/h3-4,6H,5H2,1-2H3,(H,13,14). The van der Waals surface area contributed by atoms with Gasteiger partial charge in [0, 0.05) is 16.6 Å². The first kappa shape index (κ1) is 12.4. The summed E-state index contributed by atoms with van der Waals surface area (Å²) in [7, 11) is 0. The second kappa shape index (κ2) is 5.09. The number of pyridine rings is 1. The minimum atomic E-state index is -0.432. The van der Waals surface area contributed by atoms with Gasteiger partial charge < -0.3 is 5.32 Å². The van der Waals surface area contributed by atoms with Crippen LogP contribution in [0.1, 0.15) is 15.4 Å². The summed E-state index contributed by atoms with van der Waals surface area (Å²) >= 11 is 1.61. The van der Waals surface area contributed by atoms with E-state index < -0.39 is 4.92 Å². The van der Waals surface area contributed by atoms with E-state index in [2.05, 4.69) is 15.3 Å². The third kappa shape index (κ3) is 2.80. The molecule has 18 heavy (non-hydrogen) atoms. The van der Waals surface area contributed by atoms with Crippen molar-refractivity contribution in [2.75, 3.05) is 5.32 Å². The molecule has 0 atom stereocenters. The van der Waals surface area contributed by atoms with Gasteiger partial charge in [-0.2, -0.15) is 0 Å². The fraction of sp³-hybridized carbons (Fsp3) is 0.273. The molecule has 0 aliphatic heterocycles. The van der Waals surface area contributed by atoms with Crippen LogP contribution in [0.2, 0.25) is 0 Å². The number of rotatable bonds is 4. The van der Waals surface area contributed by atoms with Crippen LogP contribution in [0, 0.1) is 24.0 Å². The second-order valence-corrected chi connectivity index (χ2v) is 5.13. The molecule has 0 saturated heterocycles. The highest BCUT2D eigenvalue weighted by Crippen LogP contribution is 2.20. The lowest BCUT2D eigenvalue weighted by molar-refractivity contribution is -0.385. The molecule has 0 spiro atoms. The SMILES string of the molecule is Cc1ncc(CNc2cc(C)c([N+](=O)[O-])cn2)s1. The fourth-order valence-corrected chi connectivity index (χ4v) is 2.24. The number of nitro groups is 1. The minimum Gasteiger partial charge on any atom is -0.365 e. The van der Waals surface area contributed by atoms with Gasteiger partial charge in [0.1, 0.15) is 12.0 Å².